The third-order valence-corrected chi connectivity index (χ3v) is 2.13. The first kappa shape index (κ1) is 13.4. The van der Waals surface area contributed by atoms with Gasteiger partial charge in [-0.25, -0.2) is 0 Å². The lowest BCUT2D eigenvalue weighted by Crippen LogP contribution is -2.08. The first-order valence-corrected chi connectivity index (χ1v) is 5.05. The van der Waals surface area contributed by atoms with E-state index >= 15 is 0 Å². The van der Waals surface area contributed by atoms with Crippen molar-refractivity contribution in [3.8, 4) is 11.8 Å². The van der Waals surface area contributed by atoms with Crippen molar-refractivity contribution in [3.63, 3.8) is 0 Å². The number of rotatable bonds is 4. The molecular formula is C11H10N2O5. The Labute approximate surface area is 102 Å². The zero-order valence-corrected chi connectivity index (χ0v) is 9.54. The Hall–Kier alpha value is -2.62. The smallest absolute Gasteiger partial charge is 0.312 e. The highest BCUT2D eigenvalue weighted by atomic mass is 16.6. The summed E-state index contributed by atoms with van der Waals surface area (Å²) in [5, 5.41) is 29.0. The minimum Gasteiger partial charge on any atom is -0.502 e. The number of esters is 1. The third-order valence-electron chi connectivity index (χ3n) is 2.13. The number of nitro groups is 1. The first-order chi connectivity index (χ1) is 8.49. The summed E-state index contributed by atoms with van der Waals surface area (Å²) in [4.78, 5) is 21.1. The summed E-state index contributed by atoms with van der Waals surface area (Å²) in [6.45, 7) is 1.78. The predicted octanol–water partition coefficient (Wildman–Crippen LogP) is 1.28. The molecule has 0 aliphatic heterocycles. The molecule has 0 bridgehead atoms. The molecule has 94 valence electrons. The molecule has 7 nitrogen and oxygen atoms in total. The fourth-order valence-corrected chi connectivity index (χ4v) is 1.38. The van der Waals surface area contributed by atoms with Crippen molar-refractivity contribution >= 4 is 11.7 Å². The van der Waals surface area contributed by atoms with Crippen LogP contribution in [0, 0.1) is 21.4 Å². The molecule has 1 rings (SSSR count). The Morgan fingerprint density at radius 2 is 2.28 bits per heavy atom. The maximum atomic E-state index is 11.3. The Morgan fingerprint density at radius 3 is 2.78 bits per heavy atom. The summed E-state index contributed by atoms with van der Waals surface area (Å²) in [6.07, 6.45) is -0.323. The van der Waals surface area contributed by atoms with Crippen molar-refractivity contribution in [3.05, 3.63) is 33.4 Å². The van der Waals surface area contributed by atoms with Gasteiger partial charge in [-0.3, -0.25) is 14.9 Å². The van der Waals surface area contributed by atoms with Crippen LogP contribution < -0.4 is 0 Å². The number of nitro benzene ring substituents is 1. The maximum absolute atomic E-state index is 11.3. The quantitative estimate of drug-likeness (QED) is 0.489. The van der Waals surface area contributed by atoms with Crippen LogP contribution in [0.15, 0.2) is 12.1 Å². The Morgan fingerprint density at radius 1 is 1.61 bits per heavy atom. The third kappa shape index (κ3) is 2.95. The van der Waals surface area contributed by atoms with Gasteiger partial charge in [0.2, 0.25) is 0 Å². The van der Waals surface area contributed by atoms with Crippen LogP contribution >= 0.6 is 0 Å². The summed E-state index contributed by atoms with van der Waals surface area (Å²) in [7, 11) is 0. The maximum Gasteiger partial charge on any atom is 0.312 e. The van der Waals surface area contributed by atoms with Crippen LogP contribution in [-0.2, 0) is 16.0 Å². The monoisotopic (exact) mass is 250 g/mol. The number of ether oxygens (including phenoxy) is 1. The molecular weight excluding hydrogens is 240 g/mol. The van der Waals surface area contributed by atoms with Crippen molar-refractivity contribution in [2.75, 3.05) is 6.61 Å². The highest BCUT2D eigenvalue weighted by Gasteiger charge is 2.21. The standard InChI is InChI=1S/C11H10N2O5/c1-2-18-10(14)5-8-3-7(6-12)4-9(11(8)15)13(16)17/h3-4,15H,2,5H2,1H3. The van der Waals surface area contributed by atoms with Crippen molar-refractivity contribution in [1.29, 1.82) is 5.26 Å². The van der Waals surface area contributed by atoms with E-state index in [1.165, 1.54) is 6.07 Å². The lowest BCUT2D eigenvalue weighted by Gasteiger charge is -2.05. The van der Waals surface area contributed by atoms with Crippen molar-refractivity contribution in [1.82, 2.24) is 0 Å². The number of benzene rings is 1. The second-order valence-electron chi connectivity index (χ2n) is 3.35. The van der Waals surface area contributed by atoms with Crippen molar-refractivity contribution in [2.24, 2.45) is 0 Å². The molecule has 0 radical (unpaired) electrons. The van der Waals surface area contributed by atoms with E-state index in [2.05, 4.69) is 4.74 Å². The largest absolute Gasteiger partial charge is 0.502 e. The first-order valence-electron chi connectivity index (χ1n) is 5.05. The highest BCUT2D eigenvalue weighted by Crippen LogP contribution is 2.31. The predicted molar refractivity (Wildman–Crippen MR) is 59.8 cm³/mol. The van der Waals surface area contributed by atoms with E-state index in [-0.39, 0.29) is 24.2 Å². The number of carbonyl (C=O) groups excluding carboxylic acids is 1. The Kier molecular flexibility index (Phi) is 4.21. The number of nitriles is 1. The number of nitrogens with zero attached hydrogens (tertiary/aromatic N) is 2. The number of aromatic hydroxyl groups is 1. The molecule has 1 aromatic rings. The lowest BCUT2D eigenvalue weighted by atomic mass is 10.1. The average molecular weight is 250 g/mol. The zero-order chi connectivity index (χ0) is 13.7. The molecule has 0 aromatic heterocycles. The van der Waals surface area contributed by atoms with E-state index in [0.717, 1.165) is 6.07 Å². The summed E-state index contributed by atoms with van der Waals surface area (Å²) in [5.41, 5.74) is -0.605. The van der Waals surface area contributed by atoms with Gasteiger partial charge < -0.3 is 9.84 Å². The van der Waals surface area contributed by atoms with Gasteiger partial charge in [0.25, 0.3) is 0 Å². The SMILES string of the molecule is CCOC(=O)Cc1cc(C#N)cc([N+](=O)[O-])c1O. The summed E-state index contributed by atoms with van der Waals surface area (Å²) in [5.74, 6) is -1.25. The Balaban J connectivity index is 3.19. The molecule has 18 heavy (non-hydrogen) atoms. The van der Waals surface area contributed by atoms with Crippen LogP contribution in [-0.4, -0.2) is 22.6 Å². The number of carbonyl (C=O) groups is 1. The van der Waals surface area contributed by atoms with Gasteiger partial charge in [0, 0.05) is 11.6 Å². The van der Waals surface area contributed by atoms with Crippen molar-refractivity contribution < 1.29 is 19.6 Å². The lowest BCUT2D eigenvalue weighted by molar-refractivity contribution is -0.385. The number of phenolic OH excluding ortho intramolecular Hbond substituents is 1. The molecule has 0 fully saturated rings. The molecule has 0 heterocycles. The van der Waals surface area contributed by atoms with Gasteiger partial charge >= 0.3 is 11.7 Å². The topological polar surface area (TPSA) is 113 Å². The fourth-order valence-electron chi connectivity index (χ4n) is 1.38. The van der Waals surface area contributed by atoms with E-state index in [9.17, 15) is 20.0 Å². The van der Waals surface area contributed by atoms with Crippen LogP contribution in [0.3, 0.4) is 0 Å². The fraction of sp³-hybridized carbons (Fsp3) is 0.273. The highest BCUT2D eigenvalue weighted by molar-refractivity contribution is 5.75. The van der Waals surface area contributed by atoms with Crippen LogP contribution in [0.5, 0.6) is 5.75 Å². The molecule has 0 saturated heterocycles. The molecule has 0 aliphatic carbocycles. The molecule has 0 spiro atoms. The van der Waals surface area contributed by atoms with Gasteiger partial charge in [0.05, 0.1) is 29.6 Å². The average Bonchev–Trinajstić information content (AvgIpc) is 2.31. The second kappa shape index (κ2) is 5.63. The van der Waals surface area contributed by atoms with Crippen LogP contribution in [0.25, 0.3) is 0 Å². The summed E-state index contributed by atoms with van der Waals surface area (Å²) < 4.78 is 4.67. The molecule has 0 amide bonds. The van der Waals surface area contributed by atoms with Crippen LogP contribution in [0.1, 0.15) is 18.1 Å². The van der Waals surface area contributed by atoms with Gasteiger partial charge in [-0.2, -0.15) is 5.26 Å². The van der Waals surface area contributed by atoms with Crippen LogP contribution in [0.4, 0.5) is 5.69 Å². The minimum atomic E-state index is -0.815. The molecule has 1 N–H and O–H groups in total. The number of phenols is 1. The minimum absolute atomic E-state index is 0.000741. The molecule has 7 heteroatoms. The number of hydrogen-bond acceptors (Lipinski definition) is 6. The number of hydrogen-bond donors (Lipinski definition) is 1. The van der Waals surface area contributed by atoms with Crippen molar-refractivity contribution in [2.45, 2.75) is 13.3 Å². The van der Waals surface area contributed by atoms with E-state index in [1.54, 1.807) is 13.0 Å². The van der Waals surface area contributed by atoms with Gasteiger partial charge in [0.1, 0.15) is 0 Å². The van der Waals surface area contributed by atoms with E-state index < -0.39 is 22.3 Å². The Bertz CT molecular complexity index is 533. The van der Waals surface area contributed by atoms with Gasteiger partial charge in [-0.1, -0.05) is 0 Å². The summed E-state index contributed by atoms with van der Waals surface area (Å²) >= 11 is 0. The van der Waals surface area contributed by atoms with E-state index in [4.69, 9.17) is 5.26 Å². The van der Waals surface area contributed by atoms with E-state index in [1.807, 2.05) is 0 Å². The molecule has 0 atom stereocenters. The zero-order valence-electron chi connectivity index (χ0n) is 9.54. The molecule has 0 saturated carbocycles. The van der Waals surface area contributed by atoms with E-state index in [0.29, 0.717) is 0 Å². The molecule has 0 unspecified atom stereocenters. The normalized spacial score (nSPS) is 9.56. The molecule has 0 aliphatic rings. The van der Waals surface area contributed by atoms with Crippen LogP contribution in [0.2, 0.25) is 0 Å². The molecule has 1 aromatic carbocycles. The second-order valence-corrected chi connectivity index (χ2v) is 3.35. The van der Waals surface area contributed by atoms with Gasteiger partial charge in [-0.05, 0) is 13.0 Å². The van der Waals surface area contributed by atoms with Gasteiger partial charge in [0.15, 0.2) is 5.75 Å². The summed E-state index contributed by atoms with van der Waals surface area (Å²) in [6, 6.07) is 3.90. The van der Waals surface area contributed by atoms with Gasteiger partial charge in [-0.15, -0.1) is 0 Å².